The second-order valence-corrected chi connectivity index (χ2v) is 5.12. The molecular formula is C13H22N4O. The zero-order valence-corrected chi connectivity index (χ0v) is 11.2. The number of ether oxygens (including phenoxy) is 1. The van der Waals surface area contributed by atoms with Crippen molar-refractivity contribution in [3.05, 3.63) is 11.9 Å². The number of nitrogens with zero attached hydrogens (tertiary/aromatic N) is 2. The van der Waals surface area contributed by atoms with Crippen molar-refractivity contribution < 1.29 is 4.74 Å². The molecule has 1 aliphatic rings. The van der Waals surface area contributed by atoms with Gasteiger partial charge in [0.25, 0.3) is 0 Å². The highest BCUT2D eigenvalue weighted by molar-refractivity contribution is 5.46. The van der Waals surface area contributed by atoms with Crippen molar-refractivity contribution in [2.75, 3.05) is 17.7 Å². The number of hydrogen-bond acceptors (Lipinski definition) is 5. The Morgan fingerprint density at radius 2 is 2.11 bits per heavy atom. The molecule has 1 fully saturated rings. The van der Waals surface area contributed by atoms with Gasteiger partial charge >= 0.3 is 0 Å². The predicted octanol–water partition coefficient (Wildman–Crippen LogP) is 2.34. The van der Waals surface area contributed by atoms with Crippen molar-refractivity contribution in [1.29, 1.82) is 0 Å². The van der Waals surface area contributed by atoms with E-state index in [-0.39, 0.29) is 5.54 Å². The minimum Gasteiger partial charge on any atom is -0.384 e. The van der Waals surface area contributed by atoms with E-state index in [1.807, 2.05) is 6.92 Å². The van der Waals surface area contributed by atoms with Crippen LogP contribution in [0, 0.1) is 0 Å². The molecule has 0 saturated heterocycles. The minimum absolute atomic E-state index is 0.143. The van der Waals surface area contributed by atoms with Crippen molar-refractivity contribution in [1.82, 2.24) is 9.97 Å². The van der Waals surface area contributed by atoms with E-state index in [9.17, 15) is 0 Å². The summed E-state index contributed by atoms with van der Waals surface area (Å²) < 4.78 is 5.32. The fourth-order valence-electron chi connectivity index (χ4n) is 2.43. The molecular weight excluding hydrogens is 228 g/mol. The summed E-state index contributed by atoms with van der Waals surface area (Å²) >= 11 is 0. The number of rotatable bonds is 5. The molecule has 18 heavy (non-hydrogen) atoms. The third kappa shape index (κ3) is 3.32. The Morgan fingerprint density at radius 3 is 2.78 bits per heavy atom. The van der Waals surface area contributed by atoms with Crippen LogP contribution >= 0.6 is 0 Å². The maximum Gasteiger partial charge on any atom is 0.158 e. The van der Waals surface area contributed by atoms with E-state index in [1.165, 1.54) is 25.7 Å². The molecule has 0 aromatic carbocycles. The summed E-state index contributed by atoms with van der Waals surface area (Å²) in [6, 6.07) is 1.79. The fourth-order valence-corrected chi connectivity index (χ4v) is 2.43. The van der Waals surface area contributed by atoms with E-state index in [0.29, 0.717) is 24.9 Å². The largest absolute Gasteiger partial charge is 0.384 e. The van der Waals surface area contributed by atoms with Gasteiger partial charge in [-0.05, 0) is 26.7 Å². The minimum atomic E-state index is 0.143. The number of hydrogen-bond donors (Lipinski definition) is 2. The normalized spacial score (nSPS) is 17.9. The van der Waals surface area contributed by atoms with Crippen molar-refractivity contribution in [2.24, 2.45) is 0 Å². The van der Waals surface area contributed by atoms with Gasteiger partial charge in [-0.15, -0.1) is 0 Å². The molecule has 1 aromatic heterocycles. The first-order valence-corrected chi connectivity index (χ1v) is 6.61. The molecule has 5 nitrogen and oxygen atoms in total. The van der Waals surface area contributed by atoms with Gasteiger partial charge in [-0.1, -0.05) is 12.8 Å². The van der Waals surface area contributed by atoms with Gasteiger partial charge in [0.15, 0.2) is 5.82 Å². The molecule has 1 aliphatic carbocycles. The van der Waals surface area contributed by atoms with E-state index in [1.54, 1.807) is 6.07 Å². The monoisotopic (exact) mass is 250 g/mol. The first kappa shape index (κ1) is 13.1. The summed E-state index contributed by atoms with van der Waals surface area (Å²) in [6.07, 6.45) is 4.90. The smallest absolute Gasteiger partial charge is 0.158 e. The summed E-state index contributed by atoms with van der Waals surface area (Å²) in [5.74, 6) is 1.94. The lowest BCUT2D eigenvalue weighted by Crippen LogP contribution is -2.31. The van der Waals surface area contributed by atoms with Crippen molar-refractivity contribution >= 4 is 11.6 Å². The average molecular weight is 250 g/mol. The first-order valence-electron chi connectivity index (χ1n) is 6.61. The Hall–Kier alpha value is -1.36. The zero-order valence-electron chi connectivity index (χ0n) is 11.2. The van der Waals surface area contributed by atoms with Crippen LogP contribution in [-0.2, 0) is 11.3 Å². The van der Waals surface area contributed by atoms with Gasteiger partial charge in [-0.2, -0.15) is 0 Å². The molecule has 1 saturated carbocycles. The zero-order chi connectivity index (χ0) is 13.0. The van der Waals surface area contributed by atoms with Gasteiger partial charge in [-0.25, -0.2) is 9.97 Å². The van der Waals surface area contributed by atoms with Crippen LogP contribution < -0.4 is 11.1 Å². The molecule has 0 unspecified atom stereocenters. The Balaban J connectivity index is 2.09. The number of nitrogens with one attached hydrogen (secondary N) is 1. The summed E-state index contributed by atoms with van der Waals surface area (Å²) in [5, 5.41) is 3.49. The van der Waals surface area contributed by atoms with Crippen LogP contribution in [0.5, 0.6) is 0 Å². The number of aromatic nitrogens is 2. The van der Waals surface area contributed by atoms with E-state index in [4.69, 9.17) is 10.5 Å². The quantitative estimate of drug-likeness (QED) is 0.839. The van der Waals surface area contributed by atoms with E-state index >= 15 is 0 Å². The van der Waals surface area contributed by atoms with Crippen LogP contribution in [0.25, 0.3) is 0 Å². The van der Waals surface area contributed by atoms with Crippen molar-refractivity contribution in [3.63, 3.8) is 0 Å². The molecule has 1 heterocycles. The molecule has 0 aliphatic heterocycles. The third-order valence-electron chi connectivity index (χ3n) is 3.36. The summed E-state index contributed by atoms with van der Waals surface area (Å²) in [5.41, 5.74) is 5.94. The second-order valence-electron chi connectivity index (χ2n) is 5.12. The van der Waals surface area contributed by atoms with E-state index in [0.717, 1.165) is 5.82 Å². The molecule has 5 heteroatoms. The lowest BCUT2D eigenvalue weighted by atomic mass is 10.0. The Morgan fingerprint density at radius 1 is 1.39 bits per heavy atom. The molecule has 3 N–H and O–H groups in total. The van der Waals surface area contributed by atoms with Gasteiger partial charge in [0, 0.05) is 18.2 Å². The number of nitrogen functional groups attached to an aromatic ring is 1. The summed E-state index contributed by atoms with van der Waals surface area (Å²) in [7, 11) is 0. The molecule has 0 atom stereocenters. The van der Waals surface area contributed by atoms with Crippen LogP contribution in [0.2, 0.25) is 0 Å². The van der Waals surface area contributed by atoms with E-state index in [2.05, 4.69) is 22.2 Å². The molecule has 2 rings (SSSR count). The first-order chi connectivity index (χ1) is 8.61. The summed E-state index contributed by atoms with van der Waals surface area (Å²) in [6.45, 7) is 5.25. The summed E-state index contributed by atoms with van der Waals surface area (Å²) in [4.78, 5) is 8.62. The lowest BCUT2D eigenvalue weighted by Gasteiger charge is -2.26. The van der Waals surface area contributed by atoms with Crippen molar-refractivity contribution in [2.45, 2.75) is 51.7 Å². The third-order valence-corrected chi connectivity index (χ3v) is 3.36. The average Bonchev–Trinajstić information content (AvgIpc) is 2.72. The van der Waals surface area contributed by atoms with Crippen LogP contribution in [0.3, 0.4) is 0 Å². The van der Waals surface area contributed by atoms with Gasteiger partial charge < -0.3 is 15.8 Å². The van der Waals surface area contributed by atoms with Crippen LogP contribution in [-0.4, -0.2) is 22.1 Å². The highest BCUT2D eigenvalue weighted by Gasteiger charge is 2.28. The Kier molecular flexibility index (Phi) is 4.01. The molecule has 0 radical (unpaired) electrons. The maximum absolute atomic E-state index is 5.80. The van der Waals surface area contributed by atoms with Gasteiger partial charge in [0.05, 0.1) is 0 Å². The van der Waals surface area contributed by atoms with Crippen LogP contribution in [0.15, 0.2) is 6.07 Å². The van der Waals surface area contributed by atoms with Crippen LogP contribution in [0.4, 0.5) is 11.6 Å². The van der Waals surface area contributed by atoms with Gasteiger partial charge in [0.2, 0.25) is 0 Å². The highest BCUT2D eigenvalue weighted by atomic mass is 16.5. The van der Waals surface area contributed by atoms with E-state index < -0.39 is 0 Å². The molecule has 100 valence electrons. The lowest BCUT2D eigenvalue weighted by molar-refractivity contribution is 0.128. The van der Waals surface area contributed by atoms with Crippen LogP contribution in [0.1, 0.15) is 45.4 Å². The van der Waals surface area contributed by atoms with Crippen molar-refractivity contribution in [3.8, 4) is 0 Å². The molecule has 0 spiro atoms. The molecule has 0 bridgehead atoms. The SMILES string of the molecule is CCOCc1nc(N)cc(NC2(C)CCCC2)n1. The number of anilines is 2. The molecule has 1 aromatic rings. The maximum atomic E-state index is 5.80. The predicted molar refractivity (Wildman–Crippen MR) is 72.3 cm³/mol. The molecule has 0 amide bonds. The Bertz CT molecular complexity index is 402. The standard InChI is InChI=1S/C13H22N4O/c1-3-18-9-12-15-10(14)8-11(16-12)17-13(2)6-4-5-7-13/h8H,3-7,9H2,1-2H3,(H3,14,15,16,17). The van der Waals surface area contributed by atoms with Gasteiger partial charge in [-0.3, -0.25) is 0 Å². The van der Waals surface area contributed by atoms with Gasteiger partial charge in [0.1, 0.15) is 18.2 Å². The Labute approximate surface area is 108 Å². The number of nitrogens with two attached hydrogens (primary N) is 1. The topological polar surface area (TPSA) is 73.1 Å². The fraction of sp³-hybridized carbons (Fsp3) is 0.692. The second kappa shape index (κ2) is 5.52. The highest BCUT2D eigenvalue weighted by Crippen LogP contribution is 2.32.